The van der Waals surface area contributed by atoms with E-state index < -0.39 is 0 Å². The first-order valence-electron chi connectivity index (χ1n) is 8.83. The van der Waals surface area contributed by atoms with E-state index in [1.807, 2.05) is 6.92 Å². The smallest absolute Gasteiger partial charge is 0.186 e. The van der Waals surface area contributed by atoms with E-state index in [4.69, 9.17) is 17.3 Å². The molecule has 2 atom stereocenters. The van der Waals surface area contributed by atoms with Gasteiger partial charge in [0.05, 0.1) is 11.1 Å². The number of fused-ring (bicyclic) bond motifs is 1. The second-order valence-electron chi connectivity index (χ2n) is 7.08. The van der Waals surface area contributed by atoms with Gasteiger partial charge in [-0.25, -0.2) is 0 Å². The van der Waals surface area contributed by atoms with Crippen molar-refractivity contribution in [3.8, 4) is 0 Å². The third kappa shape index (κ3) is 2.72. The number of hydrogen-bond acceptors (Lipinski definition) is 4. The van der Waals surface area contributed by atoms with Gasteiger partial charge >= 0.3 is 0 Å². The van der Waals surface area contributed by atoms with Gasteiger partial charge in [0.2, 0.25) is 0 Å². The summed E-state index contributed by atoms with van der Waals surface area (Å²) in [5.41, 5.74) is 5.73. The first kappa shape index (κ1) is 16.0. The molecular formula is C18H25N5S. The molecule has 2 unspecified atom stereocenters. The summed E-state index contributed by atoms with van der Waals surface area (Å²) >= 11 is 5.31. The summed E-state index contributed by atoms with van der Waals surface area (Å²) < 4.78 is 0. The van der Waals surface area contributed by atoms with Crippen LogP contribution in [0.5, 0.6) is 0 Å². The predicted octanol–water partition coefficient (Wildman–Crippen LogP) is 1.03. The minimum atomic E-state index is -0.0201. The third-order valence-electron chi connectivity index (χ3n) is 5.50. The first-order chi connectivity index (χ1) is 11.7. The van der Waals surface area contributed by atoms with Gasteiger partial charge in [-0.1, -0.05) is 30.3 Å². The average Bonchev–Trinajstić information content (AvgIpc) is 2.83. The largest absolute Gasteiger partial charge is 0.362 e. The van der Waals surface area contributed by atoms with E-state index >= 15 is 0 Å². The first-order valence-corrected chi connectivity index (χ1v) is 9.24. The van der Waals surface area contributed by atoms with Crippen LogP contribution in [0.15, 0.2) is 35.4 Å². The second kappa shape index (κ2) is 6.43. The summed E-state index contributed by atoms with van der Waals surface area (Å²) in [5.74, 6) is 0.479. The number of nitrogens with one attached hydrogen (secondary N) is 2. The molecule has 6 heteroatoms. The summed E-state index contributed by atoms with van der Waals surface area (Å²) in [6, 6.07) is 10.9. The maximum Gasteiger partial charge on any atom is 0.186 e. The molecule has 0 saturated carbocycles. The van der Waals surface area contributed by atoms with Crippen LogP contribution >= 0.6 is 12.2 Å². The monoisotopic (exact) mass is 343 g/mol. The zero-order chi connectivity index (χ0) is 16.6. The van der Waals surface area contributed by atoms with Crippen molar-refractivity contribution >= 4 is 23.0 Å². The van der Waals surface area contributed by atoms with Crippen LogP contribution in [0.1, 0.15) is 12.5 Å². The molecule has 0 amide bonds. The van der Waals surface area contributed by atoms with Crippen LogP contribution in [0.3, 0.4) is 0 Å². The van der Waals surface area contributed by atoms with Gasteiger partial charge in [0.25, 0.3) is 0 Å². The Labute approximate surface area is 149 Å². The highest BCUT2D eigenvalue weighted by atomic mass is 32.1. The van der Waals surface area contributed by atoms with E-state index in [0.717, 1.165) is 32.7 Å². The van der Waals surface area contributed by atoms with E-state index in [1.54, 1.807) is 0 Å². The molecule has 24 heavy (non-hydrogen) atoms. The molecule has 4 bridgehead atoms. The van der Waals surface area contributed by atoms with Gasteiger partial charge in [-0.2, -0.15) is 5.10 Å². The van der Waals surface area contributed by atoms with E-state index in [-0.39, 0.29) is 5.41 Å². The maximum absolute atomic E-state index is 5.31. The number of rotatable bonds is 3. The number of hydrazone groups is 1. The SMILES string of the molecule is CCNC(=S)N/N=C1\C2CN3CCN(C2)CC1(c1ccccc1)C3. The summed E-state index contributed by atoms with van der Waals surface area (Å²) in [7, 11) is 0. The molecule has 4 aliphatic rings. The topological polar surface area (TPSA) is 42.9 Å². The van der Waals surface area contributed by atoms with Crippen LogP contribution in [-0.4, -0.2) is 66.4 Å². The summed E-state index contributed by atoms with van der Waals surface area (Å²) in [4.78, 5) is 5.23. The lowest BCUT2D eigenvalue weighted by atomic mass is 9.66. The Morgan fingerprint density at radius 2 is 1.88 bits per heavy atom. The molecule has 128 valence electrons. The fourth-order valence-electron chi connectivity index (χ4n) is 4.57. The lowest BCUT2D eigenvalue weighted by molar-refractivity contribution is 0.163. The molecule has 0 aromatic heterocycles. The van der Waals surface area contributed by atoms with Crippen molar-refractivity contribution < 1.29 is 0 Å². The Morgan fingerprint density at radius 3 is 2.50 bits per heavy atom. The molecule has 0 radical (unpaired) electrons. The zero-order valence-electron chi connectivity index (χ0n) is 14.2. The van der Waals surface area contributed by atoms with Crippen molar-refractivity contribution in [1.29, 1.82) is 0 Å². The van der Waals surface area contributed by atoms with E-state index in [0.29, 0.717) is 11.0 Å². The van der Waals surface area contributed by atoms with E-state index in [9.17, 15) is 0 Å². The fraction of sp³-hybridized carbons (Fsp3) is 0.556. The molecule has 0 aliphatic carbocycles. The lowest BCUT2D eigenvalue weighted by Crippen LogP contribution is -2.64. The van der Waals surface area contributed by atoms with Gasteiger partial charge in [0, 0.05) is 51.7 Å². The highest BCUT2D eigenvalue weighted by Crippen LogP contribution is 2.40. The van der Waals surface area contributed by atoms with Gasteiger partial charge in [0.15, 0.2) is 5.11 Å². The van der Waals surface area contributed by atoms with Crippen molar-refractivity contribution in [1.82, 2.24) is 20.5 Å². The molecule has 5 nitrogen and oxygen atoms in total. The van der Waals surface area contributed by atoms with Crippen LogP contribution in [0.25, 0.3) is 0 Å². The summed E-state index contributed by atoms with van der Waals surface area (Å²) in [6.45, 7) is 9.52. The Kier molecular flexibility index (Phi) is 4.28. The zero-order valence-corrected chi connectivity index (χ0v) is 15.0. The molecule has 4 aliphatic heterocycles. The summed E-state index contributed by atoms with van der Waals surface area (Å²) in [6.07, 6.45) is 0. The number of piperidine rings is 2. The molecule has 0 spiro atoms. The average molecular weight is 344 g/mol. The van der Waals surface area contributed by atoms with Crippen LogP contribution in [0.2, 0.25) is 0 Å². The normalized spacial score (nSPS) is 35.7. The highest BCUT2D eigenvalue weighted by molar-refractivity contribution is 7.80. The van der Waals surface area contributed by atoms with E-state index in [2.05, 4.69) is 50.9 Å². The number of nitrogens with zero attached hydrogens (tertiary/aromatic N) is 3. The van der Waals surface area contributed by atoms with Gasteiger partial charge < -0.3 is 15.1 Å². The summed E-state index contributed by atoms with van der Waals surface area (Å²) in [5, 5.41) is 8.58. The molecule has 4 fully saturated rings. The van der Waals surface area contributed by atoms with Crippen molar-refractivity contribution in [2.24, 2.45) is 11.0 Å². The number of benzene rings is 1. The Hall–Kier alpha value is -1.50. The minimum absolute atomic E-state index is 0.0201. The third-order valence-corrected chi connectivity index (χ3v) is 5.73. The molecule has 1 aromatic rings. The molecule has 4 saturated heterocycles. The van der Waals surface area contributed by atoms with Crippen molar-refractivity contribution in [3.05, 3.63) is 35.9 Å². The second-order valence-corrected chi connectivity index (χ2v) is 7.49. The van der Waals surface area contributed by atoms with Crippen LogP contribution in [0, 0.1) is 5.92 Å². The van der Waals surface area contributed by atoms with Gasteiger partial charge in [-0.3, -0.25) is 5.43 Å². The molecule has 5 rings (SSSR count). The van der Waals surface area contributed by atoms with Gasteiger partial charge in [0.1, 0.15) is 0 Å². The quantitative estimate of drug-likeness (QED) is 0.634. The fourth-order valence-corrected chi connectivity index (χ4v) is 4.76. The van der Waals surface area contributed by atoms with Crippen molar-refractivity contribution in [2.75, 3.05) is 45.8 Å². The number of thiocarbonyl (C=S) groups is 1. The standard InChI is InChI=1S/C18H25N5S/c1-2-19-17(24)21-20-16-14-10-22-8-9-23(11-14)13-18(16,12-22)15-6-4-3-5-7-15/h3-7,14H,2,8-13H2,1H3,(H2,19,21,24)/b20-16+. The Morgan fingerprint density at radius 1 is 1.21 bits per heavy atom. The Balaban J connectivity index is 1.73. The highest BCUT2D eigenvalue weighted by Gasteiger charge is 2.53. The van der Waals surface area contributed by atoms with Gasteiger partial charge in [-0.05, 0) is 24.7 Å². The number of hydrogen-bond donors (Lipinski definition) is 2. The van der Waals surface area contributed by atoms with Crippen molar-refractivity contribution in [3.63, 3.8) is 0 Å². The molecular weight excluding hydrogens is 318 g/mol. The van der Waals surface area contributed by atoms with Crippen LogP contribution in [0.4, 0.5) is 0 Å². The molecule has 1 aromatic carbocycles. The van der Waals surface area contributed by atoms with Crippen LogP contribution in [-0.2, 0) is 5.41 Å². The molecule has 4 heterocycles. The van der Waals surface area contributed by atoms with E-state index in [1.165, 1.54) is 24.4 Å². The van der Waals surface area contributed by atoms with Crippen LogP contribution < -0.4 is 10.7 Å². The lowest BCUT2D eigenvalue weighted by Gasteiger charge is -2.50. The maximum atomic E-state index is 5.31. The van der Waals surface area contributed by atoms with Crippen molar-refractivity contribution in [2.45, 2.75) is 12.3 Å². The Bertz CT molecular complexity index is 628. The van der Waals surface area contributed by atoms with Gasteiger partial charge in [-0.15, -0.1) is 0 Å². The predicted molar refractivity (Wildman–Crippen MR) is 101 cm³/mol. The molecule has 2 N–H and O–H groups in total. The minimum Gasteiger partial charge on any atom is -0.362 e.